The standard InChI is InChI=1S/C12H24O4/c1-6-10(7-13)8-15-11(14)16-9(2)12(3,4)5/h9-10,13H,6-8H2,1-5H3/t9-,10?/m1/s1. The Kier molecular flexibility index (Phi) is 6.41. The Morgan fingerprint density at radius 3 is 2.31 bits per heavy atom. The van der Waals surface area contributed by atoms with E-state index < -0.39 is 6.16 Å². The molecule has 4 nitrogen and oxygen atoms in total. The van der Waals surface area contributed by atoms with Crippen LogP contribution in [0.1, 0.15) is 41.0 Å². The quantitative estimate of drug-likeness (QED) is 0.740. The van der Waals surface area contributed by atoms with Gasteiger partial charge in [-0.1, -0.05) is 27.7 Å². The van der Waals surface area contributed by atoms with Gasteiger partial charge in [-0.3, -0.25) is 0 Å². The SMILES string of the molecule is CCC(CO)COC(=O)O[C@H](C)C(C)(C)C. The molecule has 0 radical (unpaired) electrons. The molecule has 16 heavy (non-hydrogen) atoms. The molecule has 0 heterocycles. The topological polar surface area (TPSA) is 55.8 Å². The number of aliphatic hydroxyl groups excluding tert-OH is 1. The lowest BCUT2D eigenvalue weighted by atomic mass is 9.90. The third-order valence-corrected chi connectivity index (χ3v) is 2.77. The predicted octanol–water partition coefficient (Wildman–Crippen LogP) is 2.59. The summed E-state index contributed by atoms with van der Waals surface area (Å²) in [4.78, 5) is 11.3. The van der Waals surface area contributed by atoms with Gasteiger partial charge in [0.2, 0.25) is 0 Å². The van der Waals surface area contributed by atoms with Gasteiger partial charge in [0.25, 0.3) is 0 Å². The molecule has 0 aromatic carbocycles. The van der Waals surface area contributed by atoms with Gasteiger partial charge in [-0.15, -0.1) is 0 Å². The van der Waals surface area contributed by atoms with E-state index in [9.17, 15) is 4.79 Å². The van der Waals surface area contributed by atoms with E-state index in [2.05, 4.69) is 0 Å². The van der Waals surface area contributed by atoms with Crippen LogP contribution in [-0.2, 0) is 9.47 Å². The lowest BCUT2D eigenvalue weighted by Crippen LogP contribution is -2.29. The molecule has 1 unspecified atom stereocenters. The maximum absolute atomic E-state index is 11.3. The minimum absolute atomic E-state index is 0.00232. The highest BCUT2D eigenvalue weighted by Gasteiger charge is 2.24. The predicted molar refractivity (Wildman–Crippen MR) is 62.2 cm³/mol. The first kappa shape index (κ1) is 15.2. The van der Waals surface area contributed by atoms with Crippen molar-refractivity contribution in [3.63, 3.8) is 0 Å². The van der Waals surface area contributed by atoms with Gasteiger partial charge in [-0.2, -0.15) is 0 Å². The van der Waals surface area contributed by atoms with Crippen molar-refractivity contribution in [2.45, 2.75) is 47.1 Å². The molecule has 96 valence electrons. The summed E-state index contributed by atoms with van der Waals surface area (Å²) < 4.78 is 10.0. The molecule has 0 aliphatic carbocycles. The van der Waals surface area contributed by atoms with Crippen LogP contribution >= 0.6 is 0 Å². The van der Waals surface area contributed by atoms with Crippen LogP contribution < -0.4 is 0 Å². The van der Waals surface area contributed by atoms with E-state index >= 15 is 0 Å². The Hall–Kier alpha value is -0.770. The van der Waals surface area contributed by atoms with Crippen LogP contribution in [0.2, 0.25) is 0 Å². The monoisotopic (exact) mass is 232 g/mol. The van der Waals surface area contributed by atoms with E-state index in [1.165, 1.54) is 0 Å². The fourth-order valence-corrected chi connectivity index (χ4v) is 0.841. The second-order valence-electron chi connectivity index (χ2n) is 5.14. The molecule has 4 heteroatoms. The molecular formula is C12H24O4. The second-order valence-corrected chi connectivity index (χ2v) is 5.14. The molecular weight excluding hydrogens is 208 g/mol. The van der Waals surface area contributed by atoms with Gasteiger partial charge < -0.3 is 14.6 Å². The molecule has 1 N–H and O–H groups in total. The van der Waals surface area contributed by atoms with E-state index in [1.807, 2.05) is 34.6 Å². The number of carbonyl (C=O) groups is 1. The number of aliphatic hydroxyl groups is 1. The molecule has 0 saturated heterocycles. The van der Waals surface area contributed by atoms with E-state index in [0.29, 0.717) is 0 Å². The molecule has 0 fully saturated rings. The van der Waals surface area contributed by atoms with Crippen LogP contribution in [-0.4, -0.2) is 30.6 Å². The zero-order chi connectivity index (χ0) is 12.8. The number of ether oxygens (including phenoxy) is 2. The van der Waals surface area contributed by atoms with E-state index in [-0.39, 0.29) is 30.7 Å². The Morgan fingerprint density at radius 1 is 1.38 bits per heavy atom. The fourth-order valence-electron chi connectivity index (χ4n) is 0.841. The third kappa shape index (κ3) is 5.95. The zero-order valence-corrected chi connectivity index (χ0v) is 10.9. The minimum Gasteiger partial charge on any atom is -0.434 e. The number of rotatable bonds is 5. The molecule has 2 atom stereocenters. The van der Waals surface area contributed by atoms with E-state index in [1.54, 1.807) is 0 Å². The molecule has 0 spiro atoms. The molecule has 0 aliphatic rings. The normalized spacial score (nSPS) is 15.4. The van der Waals surface area contributed by atoms with Crippen molar-refractivity contribution in [2.24, 2.45) is 11.3 Å². The molecule has 0 aromatic rings. The maximum atomic E-state index is 11.3. The summed E-state index contributed by atoms with van der Waals surface area (Å²) >= 11 is 0. The van der Waals surface area contributed by atoms with Crippen LogP contribution in [0.25, 0.3) is 0 Å². The molecule has 0 aliphatic heterocycles. The van der Waals surface area contributed by atoms with Crippen molar-refractivity contribution < 1.29 is 19.4 Å². The van der Waals surface area contributed by atoms with Gasteiger partial charge in [-0.05, 0) is 18.8 Å². The third-order valence-electron chi connectivity index (χ3n) is 2.77. The van der Waals surface area contributed by atoms with Crippen LogP contribution in [0.5, 0.6) is 0 Å². The molecule has 0 aromatic heterocycles. The van der Waals surface area contributed by atoms with Crippen LogP contribution in [0.3, 0.4) is 0 Å². The van der Waals surface area contributed by atoms with Gasteiger partial charge in [0.1, 0.15) is 6.10 Å². The molecule has 0 bridgehead atoms. The summed E-state index contributed by atoms with van der Waals surface area (Å²) in [5.41, 5.74) is -0.0971. The Bertz CT molecular complexity index is 204. The smallest absolute Gasteiger partial charge is 0.434 e. The summed E-state index contributed by atoms with van der Waals surface area (Å²) in [7, 11) is 0. The van der Waals surface area contributed by atoms with Crippen molar-refractivity contribution in [3.8, 4) is 0 Å². The Balaban J connectivity index is 3.91. The molecule has 0 rings (SSSR count). The number of hydrogen-bond donors (Lipinski definition) is 1. The van der Waals surface area contributed by atoms with Gasteiger partial charge in [0.05, 0.1) is 6.61 Å². The van der Waals surface area contributed by atoms with Crippen molar-refractivity contribution in [1.82, 2.24) is 0 Å². The average Bonchev–Trinajstić information content (AvgIpc) is 2.17. The summed E-state index contributed by atoms with van der Waals surface area (Å²) in [6.45, 7) is 9.99. The molecule has 0 saturated carbocycles. The lowest BCUT2D eigenvalue weighted by Gasteiger charge is -2.26. The zero-order valence-electron chi connectivity index (χ0n) is 10.9. The Morgan fingerprint density at radius 2 is 1.94 bits per heavy atom. The lowest BCUT2D eigenvalue weighted by molar-refractivity contribution is -0.0171. The summed E-state index contributed by atoms with van der Waals surface area (Å²) in [5.74, 6) is -0.00232. The summed E-state index contributed by atoms with van der Waals surface area (Å²) in [6, 6.07) is 0. The van der Waals surface area contributed by atoms with Crippen molar-refractivity contribution in [3.05, 3.63) is 0 Å². The van der Waals surface area contributed by atoms with Crippen molar-refractivity contribution in [2.75, 3.05) is 13.2 Å². The Labute approximate surface area is 97.9 Å². The molecule has 0 amide bonds. The highest BCUT2D eigenvalue weighted by atomic mass is 16.7. The van der Waals surface area contributed by atoms with Crippen molar-refractivity contribution >= 4 is 6.16 Å². The van der Waals surface area contributed by atoms with E-state index in [4.69, 9.17) is 14.6 Å². The van der Waals surface area contributed by atoms with Gasteiger partial charge >= 0.3 is 6.16 Å². The minimum atomic E-state index is -0.658. The first-order valence-corrected chi connectivity index (χ1v) is 5.75. The van der Waals surface area contributed by atoms with Crippen LogP contribution in [0.15, 0.2) is 0 Å². The highest BCUT2D eigenvalue weighted by molar-refractivity contribution is 5.60. The number of carbonyl (C=O) groups excluding carboxylic acids is 1. The van der Waals surface area contributed by atoms with E-state index in [0.717, 1.165) is 6.42 Å². The largest absolute Gasteiger partial charge is 0.508 e. The van der Waals surface area contributed by atoms with Crippen LogP contribution in [0, 0.1) is 11.3 Å². The second kappa shape index (κ2) is 6.74. The van der Waals surface area contributed by atoms with Gasteiger partial charge in [0, 0.05) is 12.5 Å². The average molecular weight is 232 g/mol. The van der Waals surface area contributed by atoms with Gasteiger partial charge in [-0.25, -0.2) is 4.79 Å². The highest BCUT2D eigenvalue weighted by Crippen LogP contribution is 2.22. The van der Waals surface area contributed by atoms with Crippen molar-refractivity contribution in [1.29, 1.82) is 0 Å². The first-order chi connectivity index (χ1) is 7.31. The fraction of sp³-hybridized carbons (Fsp3) is 0.917. The summed E-state index contributed by atoms with van der Waals surface area (Å²) in [5, 5.41) is 8.92. The maximum Gasteiger partial charge on any atom is 0.508 e. The number of hydrogen-bond acceptors (Lipinski definition) is 4. The summed E-state index contributed by atoms with van der Waals surface area (Å²) in [6.07, 6.45) is -0.0815. The van der Waals surface area contributed by atoms with Crippen LogP contribution in [0.4, 0.5) is 4.79 Å². The van der Waals surface area contributed by atoms with Gasteiger partial charge in [0.15, 0.2) is 0 Å². The first-order valence-electron chi connectivity index (χ1n) is 5.75.